The van der Waals surface area contributed by atoms with Gasteiger partial charge in [0, 0.05) is 11.9 Å². The number of benzene rings is 1. The van der Waals surface area contributed by atoms with E-state index < -0.39 is 23.6 Å². The van der Waals surface area contributed by atoms with Crippen molar-refractivity contribution in [1.82, 2.24) is 9.38 Å². The summed E-state index contributed by atoms with van der Waals surface area (Å²) in [5, 5.41) is 11.5. The van der Waals surface area contributed by atoms with Crippen molar-refractivity contribution in [3.8, 4) is 0 Å². The van der Waals surface area contributed by atoms with Gasteiger partial charge in [0.1, 0.15) is 11.3 Å². The molecular weight excluding hydrogens is 363 g/mol. The summed E-state index contributed by atoms with van der Waals surface area (Å²) in [4.78, 5) is 27.8. The molecule has 0 aliphatic rings. The number of rotatable bonds is 4. The number of amides is 1. The van der Waals surface area contributed by atoms with Crippen molar-refractivity contribution in [2.24, 2.45) is 0 Å². The Morgan fingerprint density at radius 1 is 1.15 bits per heavy atom. The number of aryl methyl sites for hydroxylation is 1. The van der Waals surface area contributed by atoms with Gasteiger partial charge >= 0.3 is 12.1 Å². The van der Waals surface area contributed by atoms with Gasteiger partial charge in [-0.05, 0) is 42.8 Å². The molecule has 0 unspecified atom stereocenters. The van der Waals surface area contributed by atoms with Crippen LogP contribution in [0.5, 0.6) is 0 Å². The van der Waals surface area contributed by atoms with Crippen molar-refractivity contribution >= 4 is 23.2 Å². The normalized spacial score (nSPS) is 11.6. The lowest BCUT2D eigenvalue weighted by Gasteiger charge is -2.09. The summed E-state index contributed by atoms with van der Waals surface area (Å²) < 4.78 is 40.1. The van der Waals surface area contributed by atoms with Gasteiger partial charge in [0.15, 0.2) is 0 Å². The van der Waals surface area contributed by atoms with E-state index in [-0.39, 0.29) is 16.9 Å². The summed E-state index contributed by atoms with van der Waals surface area (Å²) in [6.45, 7) is 1.74. The zero-order valence-electron chi connectivity index (χ0n) is 14.0. The first-order valence-electron chi connectivity index (χ1n) is 7.93. The van der Waals surface area contributed by atoms with Gasteiger partial charge in [-0.15, -0.1) is 0 Å². The maximum atomic E-state index is 13.0. The Labute approximate surface area is 151 Å². The molecule has 0 radical (unpaired) electrons. The number of alkyl halides is 3. The van der Waals surface area contributed by atoms with Gasteiger partial charge in [-0.3, -0.25) is 9.20 Å². The lowest BCUT2D eigenvalue weighted by Crippen LogP contribution is -2.17. The minimum absolute atomic E-state index is 0.000844. The maximum Gasteiger partial charge on any atom is 0.417 e. The van der Waals surface area contributed by atoms with Crippen LogP contribution in [0.25, 0.3) is 5.65 Å². The van der Waals surface area contributed by atoms with E-state index in [0.29, 0.717) is 17.8 Å². The first-order chi connectivity index (χ1) is 12.7. The second-order valence-corrected chi connectivity index (χ2v) is 5.74. The van der Waals surface area contributed by atoms with Crippen LogP contribution in [-0.2, 0) is 12.6 Å². The van der Waals surface area contributed by atoms with E-state index in [1.807, 2.05) is 0 Å². The third kappa shape index (κ3) is 3.62. The molecule has 0 aliphatic heterocycles. The van der Waals surface area contributed by atoms with Crippen LogP contribution >= 0.6 is 0 Å². The first-order valence-corrected chi connectivity index (χ1v) is 7.93. The van der Waals surface area contributed by atoms with Crippen LogP contribution in [-0.4, -0.2) is 26.4 Å². The van der Waals surface area contributed by atoms with Gasteiger partial charge in [-0.1, -0.05) is 6.92 Å². The lowest BCUT2D eigenvalue weighted by atomic mass is 10.2. The molecule has 2 aromatic heterocycles. The Bertz CT molecular complexity index is 1020. The fourth-order valence-electron chi connectivity index (χ4n) is 2.63. The van der Waals surface area contributed by atoms with Gasteiger partial charge in [-0.2, -0.15) is 13.2 Å². The zero-order chi connectivity index (χ0) is 19.8. The summed E-state index contributed by atoms with van der Waals surface area (Å²) in [6, 6.07) is 7.55. The number of carboxylic acid groups (broad SMARTS) is 1. The third-order valence-corrected chi connectivity index (χ3v) is 3.96. The van der Waals surface area contributed by atoms with Gasteiger partial charge in [-0.25, -0.2) is 9.78 Å². The molecule has 0 atom stereocenters. The lowest BCUT2D eigenvalue weighted by molar-refractivity contribution is -0.137. The molecule has 2 N–H and O–H groups in total. The molecule has 6 nitrogen and oxygen atoms in total. The van der Waals surface area contributed by atoms with E-state index >= 15 is 0 Å². The third-order valence-electron chi connectivity index (χ3n) is 3.96. The number of aromatic nitrogens is 2. The highest BCUT2D eigenvalue weighted by Crippen LogP contribution is 2.30. The predicted molar refractivity (Wildman–Crippen MR) is 90.9 cm³/mol. The molecule has 3 rings (SSSR count). The Morgan fingerprint density at radius 3 is 2.37 bits per heavy atom. The molecule has 0 saturated carbocycles. The van der Waals surface area contributed by atoms with Crippen LogP contribution in [0.1, 0.15) is 39.0 Å². The highest BCUT2D eigenvalue weighted by Gasteiger charge is 2.31. The van der Waals surface area contributed by atoms with Crippen LogP contribution in [0.3, 0.4) is 0 Å². The fourth-order valence-corrected chi connectivity index (χ4v) is 2.63. The molecule has 27 heavy (non-hydrogen) atoms. The van der Waals surface area contributed by atoms with Crippen LogP contribution in [0, 0.1) is 0 Å². The highest BCUT2D eigenvalue weighted by atomic mass is 19.4. The number of fused-ring (bicyclic) bond motifs is 1. The summed E-state index contributed by atoms with van der Waals surface area (Å²) in [7, 11) is 0. The Kier molecular flexibility index (Phi) is 4.61. The van der Waals surface area contributed by atoms with Crippen molar-refractivity contribution in [2.75, 3.05) is 5.32 Å². The average Bonchev–Trinajstić information content (AvgIpc) is 2.99. The number of nitrogens with zero attached hydrogens (tertiary/aromatic N) is 2. The number of imidazole rings is 1. The Morgan fingerprint density at radius 2 is 1.81 bits per heavy atom. The quantitative estimate of drug-likeness (QED) is 0.723. The number of aromatic carboxylic acids is 1. The summed E-state index contributed by atoms with van der Waals surface area (Å²) in [5.41, 5.74) is 0.0527. The summed E-state index contributed by atoms with van der Waals surface area (Å²) in [6.07, 6.45) is -3.36. The van der Waals surface area contributed by atoms with E-state index in [1.54, 1.807) is 6.92 Å². The number of halogens is 3. The largest absolute Gasteiger partial charge is 0.478 e. The molecule has 0 bridgehead atoms. The SMILES string of the molecule is CCc1nc2ccc(C(F)(F)F)cn2c1C(=O)Nc1ccc(C(=O)O)cc1. The van der Waals surface area contributed by atoms with Crippen molar-refractivity contribution in [3.05, 3.63) is 65.1 Å². The second kappa shape index (κ2) is 6.75. The van der Waals surface area contributed by atoms with Crippen LogP contribution in [0.2, 0.25) is 0 Å². The smallest absolute Gasteiger partial charge is 0.417 e. The number of carbonyl (C=O) groups is 2. The molecule has 2 heterocycles. The van der Waals surface area contributed by atoms with Crippen molar-refractivity contribution in [2.45, 2.75) is 19.5 Å². The molecular formula is C18H14F3N3O3. The number of hydrogen-bond acceptors (Lipinski definition) is 3. The molecule has 140 valence electrons. The molecule has 1 aromatic carbocycles. The second-order valence-electron chi connectivity index (χ2n) is 5.74. The van der Waals surface area contributed by atoms with E-state index in [2.05, 4.69) is 10.3 Å². The topological polar surface area (TPSA) is 83.7 Å². The maximum absolute atomic E-state index is 13.0. The minimum atomic E-state index is -4.55. The average molecular weight is 377 g/mol. The van der Waals surface area contributed by atoms with Gasteiger partial charge in [0.2, 0.25) is 0 Å². The minimum Gasteiger partial charge on any atom is -0.478 e. The number of carboxylic acids is 1. The molecule has 0 spiro atoms. The molecule has 9 heteroatoms. The first kappa shape index (κ1) is 18.4. The zero-order valence-corrected chi connectivity index (χ0v) is 14.0. The molecule has 1 amide bonds. The van der Waals surface area contributed by atoms with Crippen molar-refractivity contribution in [1.29, 1.82) is 0 Å². The van der Waals surface area contributed by atoms with Crippen LogP contribution in [0.4, 0.5) is 18.9 Å². The van der Waals surface area contributed by atoms with Gasteiger partial charge < -0.3 is 10.4 Å². The number of hydrogen-bond donors (Lipinski definition) is 2. The Balaban J connectivity index is 2.00. The van der Waals surface area contributed by atoms with Crippen LogP contribution < -0.4 is 5.32 Å². The number of pyridine rings is 1. The van der Waals surface area contributed by atoms with E-state index in [1.165, 1.54) is 30.3 Å². The monoisotopic (exact) mass is 377 g/mol. The standard InChI is InChI=1S/C18H14F3N3O3/c1-2-13-15(16(25)22-12-6-3-10(4-7-12)17(26)27)24-9-11(18(19,20)21)5-8-14(24)23-13/h3-9H,2H2,1H3,(H,22,25)(H,26,27). The molecule has 0 fully saturated rings. The Hall–Kier alpha value is -3.36. The summed E-state index contributed by atoms with van der Waals surface area (Å²) in [5.74, 6) is -1.75. The summed E-state index contributed by atoms with van der Waals surface area (Å²) >= 11 is 0. The van der Waals surface area contributed by atoms with Crippen LogP contribution in [0.15, 0.2) is 42.6 Å². The molecule has 0 aliphatic carbocycles. The fraction of sp³-hybridized carbons (Fsp3) is 0.167. The van der Waals surface area contributed by atoms with Crippen molar-refractivity contribution < 1.29 is 27.9 Å². The van der Waals surface area contributed by atoms with E-state index in [4.69, 9.17) is 5.11 Å². The number of anilines is 1. The van der Waals surface area contributed by atoms with Crippen molar-refractivity contribution in [3.63, 3.8) is 0 Å². The number of carbonyl (C=O) groups excluding carboxylic acids is 1. The molecule has 3 aromatic rings. The van der Waals surface area contributed by atoms with E-state index in [0.717, 1.165) is 16.7 Å². The molecule has 0 saturated heterocycles. The van der Waals surface area contributed by atoms with Gasteiger partial charge in [0.25, 0.3) is 5.91 Å². The predicted octanol–water partition coefficient (Wildman–Crippen LogP) is 3.87. The highest BCUT2D eigenvalue weighted by molar-refractivity contribution is 6.04. The van der Waals surface area contributed by atoms with Gasteiger partial charge in [0.05, 0.1) is 16.8 Å². The number of nitrogens with one attached hydrogen (secondary N) is 1. The van der Waals surface area contributed by atoms with E-state index in [9.17, 15) is 22.8 Å².